The first-order chi connectivity index (χ1) is 7.56. The highest BCUT2D eigenvalue weighted by Gasteiger charge is 2.44. The van der Waals surface area contributed by atoms with Gasteiger partial charge in [-0.05, 0) is 12.8 Å². The summed E-state index contributed by atoms with van der Waals surface area (Å²) >= 11 is 0. The highest BCUT2D eigenvalue weighted by Crippen LogP contribution is 2.34. The van der Waals surface area contributed by atoms with Gasteiger partial charge in [0, 0.05) is 6.07 Å². The van der Waals surface area contributed by atoms with Crippen LogP contribution < -0.4 is 5.32 Å². The number of aliphatic hydroxyl groups is 1. The first kappa shape index (κ1) is 10.9. The molecular weight excluding hydrogens is 218 g/mol. The first-order valence-electron chi connectivity index (χ1n) is 4.81. The summed E-state index contributed by atoms with van der Waals surface area (Å²) in [7, 11) is 0. The molecule has 2 rings (SSSR count). The number of hydrogen-bond donors (Lipinski definition) is 2. The van der Waals surface area contributed by atoms with Crippen molar-refractivity contribution in [2.75, 3.05) is 6.61 Å². The maximum absolute atomic E-state index is 13.2. The van der Waals surface area contributed by atoms with Gasteiger partial charge >= 0.3 is 0 Å². The zero-order valence-electron chi connectivity index (χ0n) is 8.33. The molecule has 0 unspecified atom stereocenters. The molecule has 0 saturated heterocycles. The van der Waals surface area contributed by atoms with Crippen LogP contribution in [0, 0.1) is 11.6 Å². The fourth-order valence-corrected chi connectivity index (χ4v) is 1.36. The summed E-state index contributed by atoms with van der Waals surface area (Å²) in [6, 6.07) is 0.598. The van der Waals surface area contributed by atoms with Crippen molar-refractivity contribution in [3.05, 3.63) is 29.6 Å². The summed E-state index contributed by atoms with van der Waals surface area (Å²) in [5.41, 5.74) is -1.10. The average Bonchev–Trinajstić information content (AvgIpc) is 2.98. The van der Waals surface area contributed by atoms with Crippen molar-refractivity contribution >= 4 is 5.91 Å². The molecule has 86 valence electrons. The van der Waals surface area contributed by atoms with Crippen molar-refractivity contribution in [2.45, 2.75) is 18.4 Å². The number of pyridine rings is 1. The van der Waals surface area contributed by atoms with E-state index in [9.17, 15) is 13.6 Å². The molecule has 1 heterocycles. The molecule has 0 radical (unpaired) electrons. The lowest BCUT2D eigenvalue weighted by Gasteiger charge is -2.13. The Morgan fingerprint density at radius 2 is 2.25 bits per heavy atom. The average molecular weight is 228 g/mol. The Balaban J connectivity index is 2.15. The lowest BCUT2D eigenvalue weighted by Crippen LogP contribution is -2.40. The lowest BCUT2D eigenvalue weighted by molar-refractivity contribution is 0.0897. The molecule has 6 heteroatoms. The number of nitrogens with one attached hydrogen (secondary N) is 1. The number of nitrogens with zero attached hydrogens (tertiary/aromatic N) is 1. The van der Waals surface area contributed by atoms with Crippen LogP contribution in [0.4, 0.5) is 8.78 Å². The number of carbonyl (C=O) groups is 1. The second-order valence-corrected chi connectivity index (χ2v) is 3.88. The van der Waals surface area contributed by atoms with Gasteiger partial charge in [-0.2, -0.15) is 0 Å². The Kier molecular flexibility index (Phi) is 2.59. The monoisotopic (exact) mass is 228 g/mol. The third-order valence-corrected chi connectivity index (χ3v) is 2.56. The number of carbonyl (C=O) groups excluding carboxylic acids is 1. The van der Waals surface area contributed by atoms with E-state index in [1.165, 1.54) is 0 Å². The molecule has 1 fully saturated rings. The second kappa shape index (κ2) is 3.79. The zero-order chi connectivity index (χ0) is 11.8. The Bertz CT molecular complexity index is 433. The normalized spacial score (nSPS) is 16.9. The Morgan fingerprint density at radius 1 is 1.56 bits per heavy atom. The molecule has 0 aromatic carbocycles. The minimum absolute atomic E-state index is 0.193. The maximum Gasteiger partial charge on any atom is 0.273 e. The van der Waals surface area contributed by atoms with Crippen LogP contribution in [0.5, 0.6) is 0 Å². The molecule has 2 N–H and O–H groups in total. The SMILES string of the molecule is O=C(NC1(CO)CC1)c1ncc(F)cc1F. The molecule has 0 aliphatic heterocycles. The molecule has 1 aliphatic rings. The number of amides is 1. The van der Waals surface area contributed by atoms with Crippen molar-refractivity contribution in [2.24, 2.45) is 0 Å². The molecule has 1 amide bonds. The van der Waals surface area contributed by atoms with Crippen molar-refractivity contribution in [3.63, 3.8) is 0 Å². The van der Waals surface area contributed by atoms with Gasteiger partial charge in [0.2, 0.25) is 0 Å². The molecule has 1 saturated carbocycles. The van der Waals surface area contributed by atoms with Gasteiger partial charge in [0.05, 0.1) is 18.3 Å². The van der Waals surface area contributed by atoms with E-state index in [1.807, 2.05) is 0 Å². The van der Waals surface area contributed by atoms with Crippen LogP contribution in [0.25, 0.3) is 0 Å². The molecule has 0 atom stereocenters. The summed E-state index contributed by atoms with van der Waals surface area (Å²) in [5.74, 6) is -2.58. The van der Waals surface area contributed by atoms with E-state index >= 15 is 0 Å². The Hall–Kier alpha value is -1.56. The quantitative estimate of drug-likeness (QED) is 0.797. The number of halogens is 2. The van der Waals surface area contributed by atoms with Crippen LogP contribution >= 0.6 is 0 Å². The molecule has 4 nitrogen and oxygen atoms in total. The molecule has 0 bridgehead atoms. The second-order valence-electron chi connectivity index (χ2n) is 3.88. The van der Waals surface area contributed by atoms with Crippen LogP contribution in [0.3, 0.4) is 0 Å². The highest BCUT2D eigenvalue weighted by atomic mass is 19.1. The van der Waals surface area contributed by atoms with Gasteiger partial charge in [-0.1, -0.05) is 0 Å². The predicted octanol–water partition coefficient (Wildman–Crippen LogP) is 0.614. The van der Waals surface area contributed by atoms with Crippen molar-refractivity contribution in [1.29, 1.82) is 0 Å². The van der Waals surface area contributed by atoms with E-state index in [0.29, 0.717) is 18.9 Å². The van der Waals surface area contributed by atoms with Crippen LogP contribution in [-0.2, 0) is 0 Å². The molecule has 1 aliphatic carbocycles. The largest absolute Gasteiger partial charge is 0.394 e. The van der Waals surface area contributed by atoms with E-state index in [4.69, 9.17) is 5.11 Å². The smallest absolute Gasteiger partial charge is 0.273 e. The van der Waals surface area contributed by atoms with Gasteiger partial charge in [-0.25, -0.2) is 13.8 Å². The standard InChI is InChI=1S/C10H10F2N2O2/c11-6-3-7(12)8(13-4-6)9(16)14-10(5-15)1-2-10/h3-4,15H,1-2,5H2,(H,14,16). The molecule has 0 spiro atoms. The van der Waals surface area contributed by atoms with Gasteiger partial charge in [-0.15, -0.1) is 0 Å². The summed E-state index contributed by atoms with van der Waals surface area (Å²) in [5, 5.41) is 11.5. The zero-order valence-corrected chi connectivity index (χ0v) is 8.33. The number of aliphatic hydroxyl groups excluding tert-OH is 1. The fourth-order valence-electron chi connectivity index (χ4n) is 1.36. The number of hydrogen-bond acceptors (Lipinski definition) is 3. The molecular formula is C10H10F2N2O2. The minimum Gasteiger partial charge on any atom is -0.394 e. The third kappa shape index (κ3) is 2.01. The van der Waals surface area contributed by atoms with Crippen LogP contribution in [0.2, 0.25) is 0 Å². The molecule has 1 aromatic heterocycles. The summed E-state index contributed by atoms with van der Waals surface area (Å²) < 4.78 is 25.7. The Labute approximate surface area is 90.3 Å². The van der Waals surface area contributed by atoms with Gasteiger partial charge in [0.15, 0.2) is 11.5 Å². The van der Waals surface area contributed by atoms with Crippen molar-refractivity contribution in [3.8, 4) is 0 Å². The fraction of sp³-hybridized carbons (Fsp3) is 0.400. The minimum atomic E-state index is -1.01. The van der Waals surface area contributed by atoms with Gasteiger partial charge in [-0.3, -0.25) is 4.79 Å². The highest BCUT2D eigenvalue weighted by molar-refractivity contribution is 5.93. The lowest BCUT2D eigenvalue weighted by atomic mass is 10.2. The van der Waals surface area contributed by atoms with E-state index in [1.54, 1.807) is 0 Å². The van der Waals surface area contributed by atoms with Crippen LogP contribution in [0.1, 0.15) is 23.3 Å². The van der Waals surface area contributed by atoms with Gasteiger partial charge in [0.1, 0.15) is 5.82 Å². The van der Waals surface area contributed by atoms with E-state index in [-0.39, 0.29) is 6.61 Å². The number of aromatic nitrogens is 1. The van der Waals surface area contributed by atoms with E-state index < -0.39 is 28.8 Å². The van der Waals surface area contributed by atoms with E-state index in [0.717, 1.165) is 6.20 Å². The topological polar surface area (TPSA) is 62.2 Å². The van der Waals surface area contributed by atoms with Crippen LogP contribution in [0.15, 0.2) is 12.3 Å². The van der Waals surface area contributed by atoms with Crippen molar-refractivity contribution < 1.29 is 18.7 Å². The predicted molar refractivity (Wildman–Crippen MR) is 50.7 cm³/mol. The van der Waals surface area contributed by atoms with Gasteiger partial charge < -0.3 is 10.4 Å². The molecule has 16 heavy (non-hydrogen) atoms. The summed E-state index contributed by atoms with van der Waals surface area (Å²) in [6.45, 7) is -0.193. The Morgan fingerprint density at radius 3 is 2.75 bits per heavy atom. The first-order valence-corrected chi connectivity index (χ1v) is 4.81. The van der Waals surface area contributed by atoms with Gasteiger partial charge in [0.25, 0.3) is 5.91 Å². The molecule has 1 aromatic rings. The van der Waals surface area contributed by atoms with Crippen LogP contribution in [-0.4, -0.2) is 28.1 Å². The van der Waals surface area contributed by atoms with E-state index in [2.05, 4.69) is 10.3 Å². The summed E-state index contributed by atoms with van der Waals surface area (Å²) in [4.78, 5) is 14.9. The maximum atomic E-state index is 13.2. The third-order valence-electron chi connectivity index (χ3n) is 2.56. The number of rotatable bonds is 3. The van der Waals surface area contributed by atoms with Crippen molar-refractivity contribution in [1.82, 2.24) is 10.3 Å². The summed E-state index contributed by atoms with van der Waals surface area (Å²) in [6.07, 6.45) is 2.08.